The van der Waals surface area contributed by atoms with Gasteiger partial charge in [-0.1, -0.05) is 6.07 Å². The fourth-order valence-corrected chi connectivity index (χ4v) is 1.71. The average molecular weight is 237 g/mol. The predicted molar refractivity (Wildman–Crippen MR) is 65.0 cm³/mol. The molecule has 1 unspecified atom stereocenters. The van der Waals surface area contributed by atoms with Gasteiger partial charge in [-0.15, -0.1) is 0 Å². The van der Waals surface area contributed by atoms with Crippen molar-refractivity contribution in [3.63, 3.8) is 0 Å². The molecular formula is C13H19NO3. The molecule has 0 aliphatic carbocycles. The van der Waals surface area contributed by atoms with Crippen molar-refractivity contribution in [2.24, 2.45) is 5.73 Å². The summed E-state index contributed by atoms with van der Waals surface area (Å²) in [6.07, 6.45) is 0.221. The van der Waals surface area contributed by atoms with E-state index in [1.165, 1.54) is 0 Å². The molecule has 0 aromatic heterocycles. The van der Waals surface area contributed by atoms with E-state index in [2.05, 4.69) is 0 Å². The molecule has 1 fully saturated rings. The third-order valence-corrected chi connectivity index (χ3v) is 2.91. The van der Waals surface area contributed by atoms with E-state index >= 15 is 0 Å². The van der Waals surface area contributed by atoms with Crippen molar-refractivity contribution in [3.05, 3.63) is 29.3 Å². The van der Waals surface area contributed by atoms with Crippen LogP contribution in [0.25, 0.3) is 0 Å². The molecule has 1 aliphatic heterocycles. The lowest BCUT2D eigenvalue weighted by Gasteiger charge is -2.26. The van der Waals surface area contributed by atoms with Crippen molar-refractivity contribution in [3.8, 4) is 5.75 Å². The van der Waals surface area contributed by atoms with E-state index in [0.29, 0.717) is 19.8 Å². The summed E-state index contributed by atoms with van der Waals surface area (Å²) in [5, 5.41) is 0. The van der Waals surface area contributed by atoms with Gasteiger partial charge in [-0.2, -0.15) is 0 Å². The van der Waals surface area contributed by atoms with Crippen molar-refractivity contribution in [1.29, 1.82) is 0 Å². The van der Waals surface area contributed by atoms with Gasteiger partial charge in [-0.3, -0.25) is 0 Å². The standard InChI is InChI=1S/C13H19NO3/c1-9(14)10-3-4-13(15-2)11(5-10)6-17-12-7-16-8-12/h3-5,9,12H,6-8,14H2,1-2H3. The molecule has 1 aromatic rings. The zero-order valence-electron chi connectivity index (χ0n) is 10.3. The van der Waals surface area contributed by atoms with Gasteiger partial charge < -0.3 is 19.9 Å². The molecule has 2 rings (SSSR count). The summed E-state index contributed by atoms with van der Waals surface area (Å²) in [4.78, 5) is 0. The Labute approximate surface area is 102 Å². The third kappa shape index (κ3) is 2.97. The van der Waals surface area contributed by atoms with E-state index in [4.69, 9.17) is 19.9 Å². The molecule has 1 heterocycles. The van der Waals surface area contributed by atoms with Crippen LogP contribution in [0.2, 0.25) is 0 Å². The first-order valence-corrected chi connectivity index (χ1v) is 5.82. The number of ether oxygens (including phenoxy) is 3. The Morgan fingerprint density at radius 2 is 2.24 bits per heavy atom. The minimum absolute atomic E-state index is 0.0201. The Morgan fingerprint density at radius 1 is 1.47 bits per heavy atom. The molecule has 1 aromatic carbocycles. The maximum Gasteiger partial charge on any atom is 0.124 e. The summed E-state index contributed by atoms with van der Waals surface area (Å²) in [5.74, 6) is 0.842. The lowest BCUT2D eigenvalue weighted by Crippen LogP contribution is -2.35. The lowest BCUT2D eigenvalue weighted by molar-refractivity contribution is -0.135. The summed E-state index contributed by atoms with van der Waals surface area (Å²) < 4.78 is 16.1. The number of methoxy groups -OCH3 is 1. The fraction of sp³-hybridized carbons (Fsp3) is 0.538. The van der Waals surface area contributed by atoms with Crippen LogP contribution in [-0.2, 0) is 16.1 Å². The molecule has 1 aliphatic rings. The lowest BCUT2D eigenvalue weighted by atomic mass is 10.1. The van der Waals surface area contributed by atoms with E-state index < -0.39 is 0 Å². The smallest absolute Gasteiger partial charge is 0.124 e. The SMILES string of the molecule is COc1ccc(C(C)N)cc1COC1COC1. The van der Waals surface area contributed by atoms with E-state index in [1.807, 2.05) is 25.1 Å². The molecule has 0 saturated carbocycles. The van der Waals surface area contributed by atoms with Crippen LogP contribution in [0.1, 0.15) is 24.1 Å². The van der Waals surface area contributed by atoms with E-state index in [1.54, 1.807) is 7.11 Å². The fourth-order valence-electron chi connectivity index (χ4n) is 1.71. The van der Waals surface area contributed by atoms with Gasteiger partial charge in [-0.05, 0) is 24.6 Å². The van der Waals surface area contributed by atoms with Crippen molar-refractivity contribution in [2.75, 3.05) is 20.3 Å². The predicted octanol–water partition coefficient (Wildman–Crippen LogP) is 1.63. The third-order valence-electron chi connectivity index (χ3n) is 2.91. The number of benzene rings is 1. The molecule has 0 radical (unpaired) electrons. The number of hydrogen-bond donors (Lipinski definition) is 1. The quantitative estimate of drug-likeness (QED) is 0.845. The van der Waals surface area contributed by atoms with Gasteiger partial charge in [0.05, 0.1) is 26.9 Å². The van der Waals surface area contributed by atoms with Crippen LogP contribution in [0.15, 0.2) is 18.2 Å². The maximum absolute atomic E-state index is 5.87. The second kappa shape index (κ2) is 5.49. The first-order chi connectivity index (χ1) is 8.20. The highest BCUT2D eigenvalue weighted by Crippen LogP contribution is 2.24. The Kier molecular flexibility index (Phi) is 3.99. The molecule has 17 heavy (non-hydrogen) atoms. The van der Waals surface area contributed by atoms with E-state index in [-0.39, 0.29) is 12.1 Å². The summed E-state index contributed by atoms with van der Waals surface area (Å²) in [6, 6.07) is 5.99. The van der Waals surface area contributed by atoms with Crippen LogP contribution >= 0.6 is 0 Å². The monoisotopic (exact) mass is 237 g/mol. The highest BCUT2D eigenvalue weighted by molar-refractivity contribution is 5.37. The van der Waals surface area contributed by atoms with E-state index in [0.717, 1.165) is 16.9 Å². The van der Waals surface area contributed by atoms with Gasteiger partial charge in [0.25, 0.3) is 0 Å². The molecule has 1 saturated heterocycles. The highest BCUT2D eigenvalue weighted by Gasteiger charge is 2.19. The average Bonchev–Trinajstić information content (AvgIpc) is 2.26. The van der Waals surface area contributed by atoms with Gasteiger partial charge in [0, 0.05) is 11.6 Å². The molecular weight excluding hydrogens is 218 g/mol. The first kappa shape index (κ1) is 12.4. The summed E-state index contributed by atoms with van der Waals surface area (Å²) in [5.41, 5.74) is 7.99. The molecule has 0 amide bonds. The van der Waals surface area contributed by atoms with Crippen LogP contribution in [0.4, 0.5) is 0 Å². The molecule has 0 bridgehead atoms. The highest BCUT2D eigenvalue weighted by atomic mass is 16.6. The Morgan fingerprint density at radius 3 is 2.76 bits per heavy atom. The van der Waals surface area contributed by atoms with Gasteiger partial charge in [0.15, 0.2) is 0 Å². The zero-order valence-corrected chi connectivity index (χ0v) is 10.3. The minimum Gasteiger partial charge on any atom is -0.496 e. The molecule has 0 spiro atoms. The van der Waals surface area contributed by atoms with Crippen molar-refractivity contribution in [2.45, 2.75) is 25.7 Å². The van der Waals surface area contributed by atoms with E-state index in [9.17, 15) is 0 Å². The maximum atomic E-state index is 5.87. The van der Waals surface area contributed by atoms with Crippen LogP contribution in [0.5, 0.6) is 5.75 Å². The minimum atomic E-state index is 0.0201. The number of hydrogen-bond acceptors (Lipinski definition) is 4. The Bertz CT molecular complexity index is 375. The van der Waals surface area contributed by atoms with Crippen LogP contribution in [-0.4, -0.2) is 26.4 Å². The Hall–Kier alpha value is -1.10. The zero-order chi connectivity index (χ0) is 12.3. The summed E-state index contributed by atoms with van der Waals surface area (Å²) in [6.45, 7) is 3.88. The summed E-state index contributed by atoms with van der Waals surface area (Å²) >= 11 is 0. The van der Waals surface area contributed by atoms with Crippen molar-refractivity contribution in [1.82, 2.24) is 0 Å². The van der Waals surface area contributed by atoms with Crippen molar-refractivity contribution < 1.29 is 14.2 Å². The molecule has 1 atom stereocenters. The molecule has 2 N–H and O–H groups in total. The Balaban J connectivity index is 2.07. The van der Waals surface area contributed by atoms with Gasteiger partial charge in [0.2, 0.25) is 0 Å². The molecule has 94 valence electrons. The number of rotatable bonds is 5. The van der Waals surface area contributed by atoms with Gasteiger partial charge >= 0.3 is 0 Å². The molecule has 4 heteroatoms. The van der Waals surface area contributed by atoms with Gasteiger partial charge in [-0.25, -0.2) is 0 Å². The topological polar surface area (TPSA) is 53.7 Å². The second-order valence-electron chi connectivity index (χ2n) is 4.33. The first-order valence-electron chi connectivity index (χ1n) is 5.82. The van der Waals surface area contributed by atoms with Crippen LogP contribution in [0, 0.1) is 0 Å². The second-order valence-corrected chi connectivity index (χ2v) is 4.33. The van der Waals surface area contributed by atoms with Crippen LogP contribution in [0.3, 0.4) is 0 Å². The largest absolute Gasteiger partial charge is 0.496 e. The van der Waals surface area contributed by atoms with Crippen LogP contribution < -0.4 is 10.5 Å². The van der Waals surface area contributed by atoms with Crippen molar-refractivity contribution >= 4 is 0 Å². The van der Waals surface area contributed by atoms with Gasteiger partial charge in [0.1, 0.15) is 11.9 Å². The summed E-state index contributed by atoms with van der Waals surface area (Å²) in [7, 11) is 1.66. The molecule has 4 nitrogen and oxygen atoms in total. The normalized spacial score (nSPS) is 17.6. The number of nitrogens with two attached hydrogens (primary N) is 1.